The van der Waals surface area contributed by atoms with Crippen LogP contribution in [0.4, 0.5) is 17.2 Å². The minimum atomic E-state index is -0.604. The zero-order chi connectivity index (χ0) is 32.1. The van der Waals surface area contributed by atoms with E-state index in [1.807, 2.05) is 25.1 Å². The number of nitrogens with zero attached hydrogens (tertiary/aromatic N) is 5. The average molecular weight is 608 g/mol. The van der Waals surface area contributed by atoms with Crippen LogP contribution in [0.3, 0.4) is 0 Å². The highest BCUT2D eigenvalue weighted by Gasteiger charge is 2.30. The molecule has 0 spiro atoms. The third-order valence-corrected chi connectivity index (χ3v) is 7.44. The maximum absolute atomic E-state index is 13.2. The normalized spacial score (nSPS) is 15.2. The predicted octanol–water partition coefficient (Wildman–Crippen LogP) is 3.04. The summed E-state index contributed by atoms with van der Waals surface area (Å²) in [6.45, 7) is 2.20. The van der Waals surface area contributed by atoms with Crippen LogP contribution in [0.1, 0.15) is 45.7 Å². The lowest BCUT2D eigenvalue weighted by molar-refractivity contribution is -0.131. The van der Waals surface area contributed by atoms with Crippen LogP contribution < -0.4 is 26.0 Å². The summed E-state index contributed by atoms with van der Waals surface area (Å²) in [5.41, 5.74) is 4.49. The first kappa shape index (κ1) is 30.7. The molecule has 45 heavy (non-hydrogen) atoms. The molecule has 5 rings (SSSR count). The van der Waals surface area contributed by atoms with E-state index in [2.05, 4.69) is 42.5 Å². The molecule has 0 saturated heterocycles. The van der Waals surface area contributed by atoms with Gasteiger partial charge >= 0.3 is 0 Å². The number of anilines is 3. The smallest absolute Gasteiger partial charge is 0.273 e. The van der Waals surface area contributed by atoms with Crippen molar-refractivity contribution in [3.05, 3.63) is 83.0 Å². The molecule has 4 N–H and O–H groups in total. The second-order valence-corrected chi connectivity index (χ2v) is 10.7. The molecule has 0 radical (unpaired) electrons. The van der Waals surface area contributed by atoms with Crippen molar-refractivity contribution in [2.24, 2.45) is 5.92 Å². The minimum Gasteiger partial charge on any atom is -0.494 e. The quantitative estimate of drug-likeness (QED) is 0.268. The molecular weight excluding hydrogens is 574 g/mol. The van der Waals surface area contributed by atoms with Gasteiger partial charge in [-0.2, -0.15) is 5.26 Å². The number of carbonyl (C=O) groups excluding carboxylic acids is 3. The van der Waals surface area contributed by atoms with Crippen molar-refractivity contribution in [2.45, 2.75) is 32.4 Å². The molecule has 1 aliphatic carbocycles. The first-order chi connectivity index (χ1) is 21.7. The van der Waals surface area contributed by atoms with Crippen LogP contribution in [0.15, 0.2) is 54.9 Å². The predicted molar refractivity (Wildman–Crippen MR) is 167 cm³/mol. The van der Waals surface area contributed by atoms with E-state index in [0.717, 1.165) is 29.5 Å². The van der Waals surface area contributed by atoms with E-state index in [-0.39, 0.29) is 35.8 Å². The molecule has 1 fully saturated rings. The summed E-state index contributed by atoms with van der Waals surface area (Å²) >= 11 is 0. The third kappa shape index (κ3) is 6.91. The molecule has 3 amide bonds. The SMILES string of the molecule is CNC(=O)c1nnc(NC(=O)C2CC2)cc1Nc1ccc(C)c(C2=CNC(C(=O)N(C)Cc3cc(C#N)ccn3)C=C2)c1OC. The number of rotatable bonds is 10. The average Bonchev–Trinajstić information content (AvgIpc) is 3.91. The topological polar surface area (TPSA) is 174 Å². The van der Waals surface area contributed by atoms with E-state index in [9.17, 15) is 14.4 Å². The van der Waals surface area contributed by atoms with Crippen LogP contribution >= 0.6 is 0 Å². The molecule has 13 heteroatoms. The van der Waals surface area contributed by atoms with Crippen molar-refractivity contribution in [3.8, 4) is 11.8 Å². The standard InChI is InChI=1S/C32H33N9O4/c1-18-5-9-23(37-25-14-26(38-30(42)20-6-7-20)39-40-28(25)31(43)34-2)29(45-4)27(18)21-8-10-24(36-16-21)32(44)41(3)17-22-13-19(15-33)11-12-35-22/h5,8-14,16,20,24,36H,6-7,17H2,1-4H3,(H,34,43)(H2,37,38,39,42). The number of pyridine rings is 1. The number of nitriles is 1. The first-order valence-corrected chi connectivity index (χ1v) is 14.3. The molecular formula is C32H33N9O4. The number of nitrogens with one attached hydrogen (secondary N) is 4. The fraction of sp³-hybridized carbons (Fsp3) is 0.281. The Morgan fingerprint density at radius 2 is 1.96 bits per heavy atom. The first-order valence-electron chi connectivity index (χ1n) is 14.3. The van der Waals surface area contributed by atoms with Gasteiger partial charge in [0.25, 0.3) is 5.91 Å². The molecule has 1 saturated carbocycles. The van der Waals surface area contributed by atoms with Crippen molar-refractivity contribution in [1.29, 1.82) is 5.26 Å². The van der Waals surface area contributed by atoms with E-state index >= 15 is 0 Å². The van der Waals surface area contributed by atoms with Gasteiger partial charge in [-0.25, -0.2) is 0 Å². The van der Waals surface area contributed by atoms with Crippen LogP contribution in [0.5, 0.6) is 5.75 Å². The van der Waals surface area contributed by atoms with Crippen molar-refractivity contribution in [1.82, 2.24) is 30.7 Å². The molecule has 1 unspecified atom stereocenters. The van der Waals surface area contributed by atoms with E-state index in [4.69, 9.17) is 10.00 Å². The zero-order valence-corrected chi connectivity index (χ0v) is 25.3. The van der Waals surface area contributed by atoms with Gasteiger partial charge in [-0.1, -0.05) is 18.2 Å². The maximum Gasteiger partial charge on any atom is 0.273 e. The summed E-state index contributed by atoms with van der Waals surface area (Å²) in [5, 5.41) is 29.0. The molecule has 3 heterocycles. The van der Waals surface area contributed by atoms with Crippen LogP contribution in [0.25, 0.3) is 5.57 Å². The number of likely N-dealkylation sites (N-methyl/N-ethyl adjacent to an activating group) is 1. The molecule has 3 aromatic rings. The fourth-order valence-electron chi connectivity index (χ4n) is 4.89. The second kappa shape index (κ2) is 13.3. The van der Waals surface area contributed by atoms with Gasteiger partial charge in [0.05, 0.1) is 42.4 Å². The summed E-state index contributed by atoms with van der Waals surface area (Å²) in [6.07, 6.45) is 8.61. The van der Waals surface area contributed by atoms with E-state index in [1.54, 1.807) is 55.7 Å². The number of benzene rings is 1. The van der Waals surface area contributed by atoms with Gasteiger partial charge in [0.15, 0.2) is 11.5 Å². The molecule has 2 aliphatic rings. The van der Waals surface area contributed by atoms with Gasteiger partial charge in [-0.15, -0.1) is 10.2 Å². The van der Waals surface area contributed by atoms with Crippen LogP contribution in [0.2, 0.25) is 0 Å². The monoisotopic (exact) mass is 607 g/mol. The minimum absolute atomic E-state index is 0.0270. The molecule has 1 aromatic carbocycles. The Kier molecular flexibility index (Phi) is 9.04. The van der Waals surface area contributed by atoms with E-state index in [1.165, 1.54) is 7.05 Å². The Hall–Kier alpha value is -5.77. The number of hydrogen-bond acceptors (Lipinski definition) is 10. The van der Waals surface area contributed by atoms with Gasteiger partial charge in [-0.3, -0.25) is 19.4 Å². The lowest BCUT2D eigenvalue weighted by Crippen LogP contribution is -2.42. The summed E-state index contributed by atoms with van der Waals surface area (Å²) in [7, 11) is 4.73. The molecule has 2 aromatic heterocycles. The largest absolute Gasteiger partial charge is 0.494 e. The maximum atomic E-state index is 13.2. The van der Waals surface area contributed by atoms with Gasteiger partial charge in [0, 0.05) is 49.6 Å². The Bertz CT molecular complexity index is 1760. The van der Waals surface area contributed by atoms with Gasteiger partial charge in [-0.05, 0) is 43.5 Å². The summed E-state index contributed by atoms with van der Waals surface area (Å²) in [4.78, 5) is 43.9. The van der Waals surface area contributed by atoms with Crippen molar-refractivity contribution in [3.63, 3.8) is 0 Å². The fourth-order valence-corrected chi connectivity index (χ4v) is 4.89. The molecule has 1 atom stereocenters. The number of dihydropyridines is 1. The van der Waals surface area contributed by atoms with Gasteiger partial charge < -0.3 is 30.9 Å². The zero-order valence-electron chi connectivity index (χ0n) is 25.3. The highest BCUT2D eigenvalue weighted by Crippen LogP contribution is 2.39. The lowest BCUT2D eigenvalue weighted by atomic mass is 9.96. The number of carbonyl (C=O) groups is 3. The Morgan fingerprint density at radius 3 is 2.62 bits per heavy atom. The molecule has 230 valence electrons. The van der Waals surface area contributed by atoms with Crippen LogP contribution in [-0.2, 0) is 16.1 Å². The summed E-state index contributed by atoms with van der Waals surface area (Å²) < 4.78 is 5.87. The Morgan fingerprint density at radius 1 is 1.16 bits per heavy atom. The Labute approximate surface area is 260 Å². The molecule has 0 bridgehead atoms. The lowest BCUT2D eigenvalue weighted by Gasteiger charge is -2.25. The number of allylic oxidation sites excluding steroid dienone is 2. The number of methoxy groups -OCH3 is 1. The van der Waals surface area contributed by atoms with E-state index < -0.39 is 11.9 Å². The number of hydrogen-bond donors (Lipinski definition) is 4. The number of aryl methyl sites for hydroxylation is 1. The molecule has 13 nitrogen and oxygen atoms in total. The van der Waals surface area contributed by atoms with Crippen molar-refractivity contribution >= 4 is 40.5 Å². The van der Waals surface area contributed by atoms with Crippen LogP contribution in [0, 0.1) is 24.2 Å². The Balaban J connectivity index is 1.37. The highest BCUT2D eigenvalue weighted by molar-refractivity contribution is 6.00. The van der Waals surface area contributed by atoms with Crippen molar-refractivity contribution < 1.29 is 19.1 Å². The second-order valence-electron chi connectivity index (χ2n) is 10.7. The van der Waals surface area contributed by atoms with Crippen molar-refractivity contribution in [2.75, 3.05) is 31.8 Å². The van der Waals surface area contributed by atoms with Gasteiger partial charge in [0.1, 0.15) is 11.8 Å². The number of aromatic nitrogens is 3. The summed E-state index contributed by atoms with van der Waals surface area (Å²) in [6, 6.07) is 10.1. The summed E-state index contributed by atoms with van der Waals surface area (Å²) in [5.74, 6) is -0.0460. The van der Waals surface area contributed by atoms with Crippen LogP contribution in [-0.4, -0.2) is 65.0 Å². The molecule has 1 aliphatic heterocycles. The van der Waals surface area contributed by atoms with Gasteiger partial charge in [0.2, 0.25) is 11.8 Å². The van der Waals surface area contributed by atoms with E-state index in [0.29, 0.717) is 28.4 Å². The third-order valence-electron chi connectivity index (χ3n) is 7.44. The number of amides is 3. The highest BCUT2D eigenvalue weighted by atomic mass is 16.5. The number of ether oxygens (including phenoxy) is 1.